The van der Waals surface area contributed by atoms with Crippen LogP contribution in [0.4, 0.5) is 0 Å². The molecule has 1 aromatic rings. The number of halogens is 2. The predicted octanol–water partition coefficient (Wildman–Crippen LogP) is -4.55. The van der Waals surface area contributed by atoms with E-state index in [4.69, 9.17) is 0 Å². The molecule has 3 nitrogen and oxygen atoms in total. The zero-order chi connectivity index (χ0) is 12.6. The fourth-order valence-electron chi connectivity index (χ4n) is 1.89. The van der Waals surface area contributed by atoms with Gasteiger partial charge >= 0.3 is 0 Å². The molecule has 0 aliphatic heterocycles. The minimum Gasteiger partial charge on any atom is -1.00 e. The number of hydrogen-bond acceptors (Lipinski definition) is 0. The molecule has 0 N–H and O–H groups in total. The molecule has 0 saturated carbocycles. The van der Waals surface area contributed by atoms with Crippen LogP contribution in [-0.4, -0.2) is 55.8 Å². The largest absolute Gasteiger partial charge is 1.00 e. The molecule has 0 radical (unpaired) electrons. The van der Waals surface area contributed by atoms with Crippen molar-refractivity contribution < 1.29 is 56.9 Å². The second-order valence-corrected chi connectivity index (χ2v) is 6.77. The highest BCUT2D eigenvalue weighted by Gasteiger charge is 2.16. The summed E-state index contributed by atoms with van der Waals surface area (Å²) in [5, 5.41) is 0. The van der Waals surface area contributed by atoms with Crippen molar-refractivity contribution in [3.05, 3.63) is 23.5 Å². The van der Waals surface area contributed by atoms with Crippen molar-refractivity contribution in [2.45, 2.75) is 13.1 Å². The quantitative estimate of drug-likeness (QED) is 0.303. The Morgan fingerprint density at radius 3 is 1.28 bits per heavy atom. The summed E-state index contributed by atoms with van der Waals surface area (Å²) in [6, 6.07) is 4.52. The van der Waals surface area contributed by atoms with Crippen LogP contribution in [0.1, 0.15) is 11.4 Å². The van der Waals surface area contributed by atoms with Gasteiger partial charge in [0.15, 0.2) is 0 Å². The monoisotopic (exact) mass is 479 g/mol. The van der Waals surface area contributed by atoms with Gasteiger partial charge in [-0.15, -0.1) is 0 Å². The fraction of sp³-hybridized carbons (Fsp3) is 0.692. The van der Waals surface area contributed by atoms with Gasteiger partial charge < -0.3 is 61.5 Å². The van der Waals surface area contributed by atoms with E-state index in [9.17, 15) is 0 Å². The number of quaternary nitrogens is 2. The molecule has 0 aliphatic carbocycles. The first-order valence-electron chi connectivity index (χ1n) is 5.83. The lowest BCUT2D eigenvalue weighted by atomic mass is 10.3. The molecule has 0 unspecified atom stereocenters. The molecule has 0 aromatic carbocycles. The van der Waals surface area contributed by atoms with Crippen molar-refractivity contribution in [2.75, 3.05) is 42.3 Å². The lowest BCUT2D eigenvalue weighted by molar-refractivity contribution is -0.885. The van der Waals surface area contributed by atoms with E-state index < -0.39 is 0 Å². The van der Waals surface area contributed by atoms with E-state index in [2.05, 4.69) is 66.0 Å². The van der Waals surface area contributed by atoms with Gasteiger partial charge in [0.05, 0.1) is 53.7 Å². The van der Waals surface area contributed by atoms with Crippen molar-refractivity contribution in [3.8, 4) is 0 Å². The van der Waals surface area contributed by atoms with E-state index >= 15 is 0 Å². The van der Waals surface area contributed by atoms with Crippen LogP contribution in [0.2, 0.25) is 0 Å². The summed E-state index contributed by atoms with van der Waals surface area (Å²) in [5.74, 6) is 0. The number of nitrogens with zero attached hydrogens (tertiary/aromatic N) is 3. The van der Waals surface area contributed by atoms with Gasteiger partial charge in [-0.05, 0) is 12.1 Å². The highest BCUT2D eigenvalue weighted by atomic mass is 127. The summed E-state index contributed by atoms with van der Waals surface area (Å²) < 4.78 is 4.29. The molecular weight excluding hydrogens is 452 g/mol. The highest BCUT2D eigenvalue weighted by Crippen LogP contribution is 2.14. The zero-order valence-electron chi connectivity index (χ0n) is 12.7. The Bertz CT molecular complexity index is 326. The molecule has 0 spiro atoms. The number of rotatable bonds is 4. The second-order valence-electron chi connectivity index (χ2n) is 6.77. The first-order chi connectivity index (χ1) is 7.08. The third kappa shape index (κ3) is 7.30. The molecule has 0 saturated heterocycles. The average Bonchev–Trinajstić information content (AvgIpc) is 2.30. The summed E-state index contributed by atoms with van der Waals surface area (Å²) in [6.07, 6.45) is 0. The van der Waals surface area contributed by atoms with Gasteiger partial charge in [0.1, 0.15) is 13.1 Å². The van der Waals surface area contributed by atoms with Crippen LogP contribution in [0.15, 0.2) is 12.1 Å². The Kier molecular flexibility index (Phi) is 8.67. The van der Waals surface area contributed by atoms with Gasteiger partial charge in [-0.25, -0.2) is 0 Å². The molecule has 0 atom stereocenters. The van der Waals surface area contributed by atoms with Crippen LogP contribution in [0, 0.1) is 0 Å². The molecule has 18 heavy (non-hydrogen) atoms. The second kappa shape index (κ2) is 7.44. The normalized spacial score (nSPS) is 11.7. The van der Waals surface area contributed by atoms with Gasteiger partial charge in [-0.3, -0.25) is 0 Å². The summed E-state index contributed by atoms with van der Waals surface area (Å²) in [6.45, 7) is 2.15. The third-order valence-electron chi connectivity index (χ3n) is 2.60. The van der Waals surface area contributed by atoms with Gasteiger partial charge in [0.25, 0.3) is 0 Å². The topological polar surface area (TPSA) is 4.93 Å². The lowest BCUT2D eigenvalue weighted by Gasteiger charge is -2.26. The third-order valence-corrected chi connectivity index (χ3v) is 2.60. The van der Waals surface area contributed by atoms with Gasteiger partial charge in [0, 0.05) is 7.05 Å². The minimum absolute atomic E-state index is 0. The van der Waals surface area contributed by atoms with E-state index in [-0.39, 0.29) is 48.0 Å². The molecule has 0 bridgehead atoms. The number of aromatic nitrogens is 1. The molecule has 1 heterocycles. The fourth-order valence-corrected chi connectivity index (χ4v) is 1.89. The van der Waals surface area contributed by atoms with E-state index in [0.29, 0.717) is 0 Å². The molecule has 1 rings (SSSR count). The Balaban J connectivity index is 0. The molecular formula is C13H27I2N3. The first kappa shape index (κ1) is 21.0. The van der Waals surface area contributed by atoms with E-state index in [1.54, 1.807) is 0 Å². The van der Waals surface area contributed by atoms with Crippen LogP contribution in [-0.2, 0) is 20.1 Å². The summed E-state index contributed by atoms with van der Waals surface area (Å²) in [7, 11) is 15.5. The minimum atomic E-state index is 0. The summed E-state index contributed by atoms with van der Waals surface area (Å²) in [4.78, 5) is 0. The van der Waals surface area contributed by atoms with E-state index in [0.717, 1.165) is 22.1 Å². The molecule has 0 fully saturated rings. The highest BCUT2D eigenvalue weighted by molar-refractivity contribution is 5.14. The lowest BCUT2D eigenvalue weighted by Crippen LogP contribution is -3.00. The Morgan fingerprint density at radius 1 is 0.778 bits per heavy atom. The van der Waals surface area contributed by atoms with E-state index in [1.165, 1.54) is 11.4 Å². The maximum absolute atomic E-state index is 2.34. The van der Waals surface area contributed by atoms with E-state index in [1.807, 2.05) is 0 Å². The number of hydrogen-bond donors (Lipinski definition) is 0. The Labute approximate surface area is 146 Å². The van der Waals surface area contributed by atoms with Gasteiger partial charge in [-0.2, -0.15) is 0 Å². The Morgan fingerprint density at radius 2 is 1.06 bits per heavy atom. The van der Waals surface area contributed by atoms with Crippen LogP contribution in [0.5, 0.6) is 0 Å². The van der Waals surface area contributed by atoms with Crippen LogP contribution >= 0.6 is 0 Å². The first-order valence-corrected chi connectivity index (χ1v) is 5.83. The Hall–Kier alpha value is 0.660. The van der Waals surface area contributed by atoms with Crippen LogP contribution < -0.4 is 48.0 Å². The SMILES string of the molecule is Cn1c(C[N+](C)(C)C)ccc1C[N+](C)(C)C.[I-].[I-]. The molecule has 0 aliphatic rings. The van der Waals surface area contributed by atoms with Crippen molar-refractivity contribution in [1.82, 2.24) is 4.57 Å². The zero-order valence-corrected chi connectivity index (χ0v) is 17.0. The maximum atomic E-state index is 2.34. The molecule has 108 valence electrons. The van der Waals surface area contributed by atoms with Gasteiger partial charge in [0.2, 0.25) is 0 Å². The molecule has 1 aromatic heterocycles. The molecule has 5 heteroatoms. The van der Waals surface area contributed by atoms with Crippen LogP contribution in [0.3, 0.4) is 0 Å². The smallest absolute Gasteiger partial charge is 0.119 e. The standard InChI is InChI=1S/C13H27N3.2HI/c1-14-12(10-15(2,3)4)8-9-13(14)11-16(5,6)7;;/h8-9H,10-11H2,1-7H3;2*1H/q+2;;/p-2. The summed E-state index contributed by atoms with van der Waals surface area (Å²) >= 11 is 0. The van der Waals surface area contributed by atoms with Crippen molar-refractivity contribution >= 4 is 0 Å². The van der Waals surface area contributed by atoms with Gasteiger partial charge in [-0.1, -0.05) is 0 Å². The summed E-state index contributed by atoms with van der Waals surface area (Å²) in [5.41, 5.74) is 2.83. The average molecular weight is 479 g/mol. The maximum Gasteiger partial charge on any atom is 0.119 e. The van der Waals surface area contributed by atoms with Crippen LogP contribution in [0.25, 0.3) is 0 Å². The molecule has 0 amide bonds. The predicted molar refractivity (Wildman–Crippen MR) is 68.9 cm³/mol. The van der Waals surface area contributed by atoms with Crippen molar-refractivity contribution in [1.29, 1.82) is 0 Å². The van der Waals surface area contributed by atoms with Crippen molar-refractivity contribution in [3.63, 3.8) is 0 Å². The van der Waals surface area contributed by atoms with Crippen molar-refractivity contribution in [2.24, 2.45) is 7.05 Å².